The molecule has 28 heavy (non-hydrogen) atoms. The van der Waals surface area contributed by atoms with Crippen LogP contribution in [-0.4, -0.2) is 28.2 Å². The van der Waals surface area contributed by atoms with Crippen LogP contribution in [0, 0.1) is 13.8 Å². The Labute approximate surface area is 171 Å². The molecule has 0 amide bonds. The van der Waals surface area contributed by atoms with Gasteiger partial charge < -0.3 is 0 Å². The molecule has 7 nitrogen and oxygen atoms in total. The quantitative estimate of drug-likeness (QED) is 0.603. The number of primary sulfonamides is 1. The molecule has 0 radical (unpaired) electrons. The summed E-state index contributed by atoms with van der Waals surface area (Å²) in [4.78, 5) is 7.41. The number of aryl methyl sites for hydroxylation is 2. The van der Waals surface area contributed by atoms with E-state index in [1.54, 1.807) is 18.2 Å². The topological polar surface area (TPSA) is 104 Å². The molecular formula is C16H14F3N5O2SZn. The molecule has 0 aliphatic carbocycles. The number of benzene rings is 1. The average molecular weight is 463 g/mol. The van der Waals surface area contributed by atoms with Gasteiger partial charge in [0.2, 0.25) is 0 Å². The van der Waals surface area contributed by atoms with Crippen molar-refractivity contribution in [3.05, 3.63) is 53.3 Å². The average Bonchev–Trinajstić information content (AvgIpc) is 3.02. The number of hydrogen-bond donors (Lipinski definition) is 1. The van der Waals surface area contributed by atoms with E-state index >= 15 is 0 Å². The molecule has 2 N–H and O–H groups in total. The summed E-state index contributed by atoms with van der Waals surface area (Å²) in [7, 11) is -4.14. The van der Waals surface area contributed by atoms with Crippen molar-refractivity contribution in [2.24, 2.45) is 5.14 Å². The van der Waals surface area contributed by atoms with E-state index in [9.17, 15) is 21.6 Å². The fraction of sp³-hybridized carbons (Fsp3) is 0.188. The van der Waals surface area contributed by atoms with E-state index < -0.39 is 27.0 Å². The number of hydrogen-bond acceptors (Lipinski definition) is 5. The number of alkyl halides is 3. The third kappa shape index (κ3) is 4.45. The van der Waals surface area contributed by atoms with E-state index in [4.69, 9.17) is 5.14 Å². The summed E-state index contributed by atoms with van der Waals surface area (Å²) in [5, 5.41) is 8.04. The third-order valence-corrected chi connectivity index (χ3v) is 4.65. The first-order valence-corrected chi connectivity index (χ1v) is 9.13. The van der Waals surface area contributed by atoms with Gasteiger partial charge in [0.1, 0.15) is 0 Å². The summed E-state index contributed by atoms with van der Waals surface area (Å²) in [6.07, 6.45) is -4.78. The minimum atomic E-state index is -4.78. The number of halogens is 3. The molecule has 3 rings (SSSR count). The summed E-state index contributed by atoms with van der Waals surface area (Å²) in [5.41, 5.74) is 2.18. The molecule has 144 valence electrons. The van der Waals surface area contributed by atoms with E-state index in [1.165, 1.54) is 12.1 Å². The van der Waals surface area contributed by atoms with E-state index in [0.29, 0.717) is 5.56 Å². The minimum absolute atomic E-state index is 0. The number of aromatic nitrogens is 4. The van der Waals surface area contributed by atoms with Crippen LogP contribution in [0.5, 0.6) is 0 Å². The van der Waals surface area contributed by atoms with E-state index in [2.05, 4.69) is 15.1 Å². The molecule has 3 aromatic rings. The van der Waals surface area contributed by atoms with Gasteiger partial charge in [0.05, 0.1) is 0 Å². The van der Waals surface area contributed by atoms with Gasteiger partial charge in [0.15, 0.2) is 16.7 Å². The van der Waals surface area contributed by atoms with Crippen LogP contribution in [0.4, 0.5) is 13.2 Å². The zero-order chi connectivity index (χ0) is 20.0. The summed E-state index contributed by atoms with van der Waals surface area (Å²) < 4.78 is 63.3. The first-order valence-electron chi connectivity index (χ1n) is 7.59. The Bertz CT molecular complexity index is 1130. The Morgan fingerprint density at radius 1 is 1.04 bits per heavy atom. The molecule has 2 heterocycles. The largest absolute Gasteiger partial charge is 0.453 e. The second kappa shape index (κ2) is 7.69. The fourth-order valence-corrected chi connectivity index (χ4v) is 2.83. The maximum Gasteiger partial charge on any atom is 0.453 e. The maximum absolute atomic E-state index is 13.1. The normalized spacial score (nSPS) is 11.9. The third-order valence-electron chi connectivity index (χ3n) is 3.84. The van der Waals surface area contributed by atoms with Crippen LogP contribution < -0.4 is 5.14 Å². The second-order valence-electron chi connectivity index (χ2n) is 5.85. The first kappa shape index (κ1) is 22.1. The molecule has 12 heteroatoms. The van der Waals surface area contributed by atoms with Crippen LogP contribution in [0.2, 0.25) is 0 Å². The predicted molar refractivity (Wildman–Crippen MR) is 90.4 cm³/mol. The van der Waals surface area contributed by atoms with Gasteiger partial charge in [-0.3, -0.25) is 0 Å². The fourth-order valence-electron chi connectivity index (χ4n) is 2.34. The van der Waals surface area contributed by atoms with Gasteiger partial charge in [-0.2, -0.15) is 17.9 Å². The summed E-state index contributed by atoms with van der Waals surface area (Å²) in [5.74, 6) is -1.64. The van der Waals surface area contributed by atoms with Crippen LogP contribution >= 0.6 is 0 Å². The van der Waals surface area contributed by atoms with Crippen molar-refractivity contribution in [1.29, 1.82) is 0 Å². The Kier molecular flexibility index (Phi) is 6.08. The molecule has 0 unspecified atom stereocenters. The molecule has 0 fully saturated rings. The van der Waals surface area contributed by atoms with E-state index in [-0.39, 0.29) is 31.1 Å². The molecule has 0 saturated heterocycles. The van der Waals surface area contributed by atoms with Crippen LogP contribution in [0.3, 0.4) is 0 Å². The standard InChI is InChI=1S/C16H14F3N5O2S.Zn/c1-9-6-7-11(8-10(9)2)14-22-15(16(17,18)19)23-24(14)12-4-3-5-13(21-12)27(20,25)26;/h3-8H,1-2H3,(H2,20,25,26);. The SMILES string of the molecule is Cc1ccc(-c2nc(C(F)(F)F)nn2-c2cccc(S(N)(=O)=O)n2)cc1C.[Zn]. The Morgan fingerprint density at radius 2 is 1.71 bits per heavy atom. The Hall–Kier alpha value is -2.17. The van der Waals surface area contributed by atoms with Crippen molar-refractivity contribution in [3.8, 4) is 17.2 Å². The van der Waals surface area contributed by atoms with Gasteiger partial charge in [-0.15, -0.1) is 5.10 Å². The molecule has 0 spiro atoms. The van der Waals surface area contributed by atoms with Gasteiger partial charge in [-0.1, -0.05) is 18.2 Å². The molecule has 0 aliphatic rings. The van der Waals surface area contributed by atoms with Crippen molar-refractivity contribution in [2.75, 3.05) is 0 Å². The Balaban J connectivity index is 0.00000280. The van der Waals surface area contributed by atoms with Crippen molar-refractivity contribution >= 4 is 10.0 Å². The summed E-state index contributed by atoms with van der Waals surface area (Å²) in [6, 6.07) is 8.77. The molecule has 1 aromatic carbocycles. The van der Waals surface area contributed by atoms with Crippen LogP contribution in [-0.2, 0) is 35.7 Å². The van der Waals surface area contributed by atoms with Crippen molar-refractivity contribution < 1.29 is 41.1 Å². The zero-order valence-electron chi connectivity index (χ0n) is 14.9. The number of nitrogens with zero attached hydrogens (tertiary/aromatic N) is 4. The van der Waals surface area contributed by atoms with Gasteiger partial charge in [0.25, 0.3) is 15.8 Å². The smallest absolute Gasteiger partial charge is 0.223 e. The Morgan fingerprint density at radius 3 is 2.29 bits per heavy atom. The number of rotatable bonds is 3. The van der Waals surface area contributed by atoms with Gasteiger partial charge in [0, 0.05) is 25.0 Å². The number of nitrogens with two attached hydrogens (primary N) is 1. The minimum Gasteiger partial charge on any atom is -0.223 e. The molecule has 0 bridgehead atoms. The summed E-state index contributed by atoms with van der Waals surface area (Å²) >= 11 is 0. The molecule has 0 saturated carbocycles. The predicted octanol–water partition coefficient (Wildman–Crippen LogP) is 2.61. The van der Waals surface area contributed by atoms with Crippen molar-refractivity contribution in [1.82, 2.24) is 19.7 Å². The zero-order valence-corrected chi connectivity index (χ0v) is 18.7. The monoisotopic (exact) mass is 461 g/mol. The summed E-state index contributed by atoms with van der Waals surface area (Å²) in [6.45, 7) is 3.67. The first-order chi connectivity index (χ1) is 12.5. The second-order valence-corrected chi connectivity index (χ2v) is 7.35. The molecule has 2 aromatic heterocycles. The van der Waals surface area contributed by atoms with Gasteiger partial charge in [-0.25, -0.2) is 23.5 Å². The van der Waals surface area contributed by atoms with E-state index in [1.807, 2.05) is 13.8 Å². The molecular weight excluding hydrogens is 449 g/mol. The van der Waals surface area contributed by atoms with Crippen molar-refractivity contribution in [3.63, 3.8) is 0 Å². The van der Waals surface area contributed by atoms with Crippen LogP contribution in [0.1, 0.15) is 17.0 Å². The van der Waals surface area contributed by atoms with Crippen molar-refractivity contribution in [2.45, 2.75) is 25.0 Å². The number of pyridine rings is 1. The van der Waals surface area contributed by atoms with Crippen LogP contribution in [0.15, 0.2) is 41.4 Å². The van der Waals surface area contributed by atoms with Gasteiger partial charge >= 0.3 is 6.18 Å². The van der Waals surface area contributed by atoms with Crippen LogP contribution in [0.25, 0.3) is 17.2 Å². The molecule has 0 atom stereocenters. The van der Waals surface area contributed by atoms with Gasteiger partial charge in [-0.05, 0) is 43.2 Å². The van der Waals surface area contributed by atoms with E-state index in [0.717, 1.165) is 21.9 Å². The molecule has 0 aliphatic heterocycles. The number of sulfonamides is 1. The maximum atomic E-state index is 13.1.